The monoisotopic (exact) mass is 250 g/mol. The van der Waals surface area contributed by atoms with Crippen LogP contribution >= 0.6 is 0 Å². The quantitative estimate of drug-likeness (QED) is 0.778. The highest BCUT2D eigenvalue weighted by Gasteiger charge is 2.20. The van der Waals surface area contributed by atoms with Crippen molar-refractivity contribution in [3.8, 4) is 0 Å². The second-order valence-electron chi connectivity index (χ2n) is 4.83. The van der Waals surface area contributed by atoms with E-state index in [0.29, 0.717) is 0 Å². The Morgan fingerprint density at radius 3 is 2.17 bits per heavy atom. The van der Waals surface area contributed by atoms with Crippen molar-refractivity contribution < 1.29 is 0 Å². The molecule has 1 aromatic heterocycles. The maximum absolute atomic E-state index is 4.55. The molecule has 102 valence electrons. The zero-order valence-corrected chi connectivity index (χ0v) is 12.3. The van der Waals surface area contributed by atoms with Crippen LogP contribution in [0.3, 0.4) is 0 Å². The van der Waals surface area contributed by atoms with Crippen molar-refractivity contribution in [1.82, 2.24) is 9.97 Å². The van der Waals surface area contributed by atoms with Gasteiger partial charge in [0.2, 0.25) is 0 Å². The van der Waals surface area contributed by atoms with Crippen molar-refractivity contribution in [3.05, 3.63) is 11.9 Å². The maximum atomic E-state index is 4.55. The van der Waals surface area contributed by atoms with Gasteiger partial charge < -0.3 is 10.6 Å². The number of aromatic nitrogens is 2. The molecule has 0 aliphatic carbocycles. The minimum atomic E-state index is 0.100. The number of nitrogens with one attached hydrogen (secondary N) is 2. The Bertz CT molecular complexity index is 372. The topological polar surface area (TPSA) is 49.8 Å². The molecule has 2 N–H and O–H groups in total. The number of rotatable bonds is 7. The highest BCUT2D eigenvalue weighted by atomic mass is 15.1. The summed E-state index contributed by atoms with van der Waals surface area (Å²) in [5, 5.41) is 6.79. The fourth-order valence-corrected chi connectivity index (χ4v) is 1.73. The molecule has 0 amide bonds. The van der Waals surface area contributed by atoms with Gasteiger partial charge in [0.05, 0.1) is 0 Å². The normalized spacial score (nSPS) is 11.4. The summed E-state index contributed by atoms with van der Waals surface area (Å²) < 4.78 is 0. The van der Waals surface area contributed by atoms with Gasteiger partial charge in [-0.2, -0.15) is 0 Å². The van der Waals surface area contributed by atoms with Gasteiger partial charge in [-0.1, -0.05) is 20.8 Å². The Morgan fingerprint density at radius 2 is 1.67 bits per heavy atom. The van der Waals surface area contributed by atoms with Crippen molar-refractivity contribution in [2.45, 2.75) is 59.4 Å². The fraction of sp³-hybridized carbons (Fsp3) is 0.714. The predicted octanol–water partition coefficient (Wildman–Crippen LogP) is 3.46. The molecule has 0 aliphatic heterocycles. The summed E-state index contributed by atoms with van der Waals surface area (Å²) >= 11 is 0. The summed E-state index contributed by atoms with van der Waals surface area (Å²) in [6.07, 6.45) is 3.00. The zero-order chi connectivity index (χ0) is 13.6. The zero-order valence-electron chi connectivity index (χ0n) is 12.3. The third-order valence-corrected chi connectivity index (χ3v) is 3.44. The van der Waals surface area contributed by atoms with Gasteiger partial charge in [0.1, 0.15) is 17.5 Å². The second-order valence-corrected chi connectivity index (χ2v) is 4.83. The molecule has 0 unspecified atom stereocenters. The summed E-state index contributed by atoms with van der Waals surface area (Å²) in [6.45, 7) is 11.6. The minimum Gasteiger partial charge on any atom is -0.370 e. The summed E-state index contributed by atoms with van der Waals surface area (Å²) in [5.41, 5.74) is 0.100. The van der Waals surface area contributed by atoms with Crippen molar-refractivity contribution in [2.75, 3.05) is 17.2 Å². The van der Waals surface area contributed by atoms with Gasteiger partial charge in [-0.15, -0.1) is 0 Å². The molecule has 0 aliphatic rings. The smallest absolute Gasteiger partial charge is 0.132 e. The lowest BCUT2D eigenvalue weighted by atomic mass is 9.96. The van der Waals surface area contributed by atoms with E-state index in [1.807, 2.05) is 6.07 Å². The molecule has 4 nitrogen and oxygen atoms in total. The van der Waals surface area contributed by atoms with E-state index in [4.69, 9.17) is 0 Å². The molecule has 0 saturated heterocycles. The molecule has 0 atom stereocenters. The first-order valence-electron chi connectivity index (χ1n) is 6.96. The minimum absolute atomic E-state index is 0.100. The van der Waals surface area contributed by atoms with Crippen molar-refractivity contribution in [1.29, 1.82) is 0 Å². The molecule has 1 rings (SSSR count). The summed E-state index contributed by atoms with van der Waals surface area (Å²) in [7, 11) is 0. The third-order valence-electron chi connectivity index (χ3n) is 3.44. The standard InChI is InChI=1S/C14H26N4/c1-6-11-16-12(15-9-4)10-13(17-11)18-14(5,7-2)8-3/h10H,6-9H2,1-5H3,(H2,15,16,17,18). The lowest BCUT2D eigenvalue weighted by Gasteiger charge is -2.29. The molecule has 0 bridgehead atoms. The third kappa shape index (κ3) is 3.86. The van der Waals surface area contributed by atoms with Crippen LogP contribution in [-0.2, 0) is 6.42 Å². The van der Waals surface area contributed by atoms with Crippen LogP contribution in [0.5, 0.6) is 0 Å². The molecule has 0 spiro atoms. The highest BCUT2D eigenvalue weighted by Crippen LogP contribution is 2.22. The molecule has 0 fully saturated rings. The Morgan fingerprint density at radius 1 is 1.06 bits per heavy atom. The Labute approximate surface area is 111 Å². The van der Waals surface area contributed by atoms with E-state index in [1.54, 1.807) is 0 Å². The first kappa shape index (κ1) is 14.7. The molecule has 18 heavy (non-hydrogen) atoms. The summed E-state index contributed by atoms with van der Waals surface area (Å²) in [6, 6.07) is 1.99. The number of aryl methyl sites for hydroxylation is 1. The predicted molar refractivity (Wildman–Crippen MR) is 78.2 cm³/mol. The molecule has 1 heterocycles. The SMILES string of the molecule is CCNc1cc(NC(C)(CC)CC)nc(CC)n1. The highest BCUT2D eigenvalue weighted by molar-refractivity contribution is 5.48. The Kier molecular flexibility index (Phi) is 5.38. The van der Waals surface area contributed by atoms with E-state index >= 15 is 0 Å². The average Bonchev–Trinajstić information content (AvgIpc) is 2.38. The molecular formula is C14H26N4. The van der Waals surface area contributed by atoms with E-state index in [1.165, 1.54) is 0 Å². The van der Waals surface area contributed by atoms with Crippen LogP contribution in [0.2, 0.25) is 0 Å². The Hall–Kier alpha value is -1.32. The number of hydrogen-bond acceptors (Lipinski definition) is 4. The van der Waals surface area contributed by atoms with Crippen LogP contribution in [-0.4, -0.2) is 22.1 Å². The maximum Gasteiger partial charge on any atom is 0.132 e. The molecule has 4 heteroatoms. The van der Waals surface area contributed by atoms with Gasteiger partial charge in [0, 0.05) is 24.6 Å². The Balaban J connectivity index is 2.96. The molecule has 1 aromatic rings. The average molecular weight is 250 g/mol. The molecule has 0 saturated carbocycles. The van der Waals surface area contributed by atoms with Crippen molar-refractivity contribution >= 4 is 11.6 Å². The van der Waals surface area contributed by atoms with Gasteiger partial charge in [-0.25, -0.2) is 9.97 Å². The van der Waals surface area contributed by atoms with Gasteiger partial charge in [-0.05, 0) is 26.7 Å². The van der Waals surface area contributed by atoms with Crippen LogP contribution in [0.4, 0.5) is 11.6 Å². The first-order chi connectivity index (χ1) is 8.56. The fourth-order valence-electron chi connectivity index (χ4n) is 1.73. The van der Waals surface area contributed by atoms with Gasteiger partial charge in [0.25, 0.3) is 0 Å². The van der Waals surface area contributed by atoms with Crippen LogP contribution in [0.25, 0.3) is 0 Å². The largest absolute Gasteiger partial charge is 0.370 e. The van der Waals surface area contributed by atoms with E-state index in [2.05, 4.69) is 55.2 Å². The van der Waals surface area contributed by atoms with E-state index < -0.39 is 0 Å². The van der Waals surface area contributed by atoms with E-state index in [9.17, 15) is 0 Å². The molecule has 0 aromatic carbocycles. The van der Waals surface area contributed by atoms with Gasteiger partial charge in [0.15, 0.2) is 0 Å². The van der Waals surface area contributed by atoms with Crippen LogP contribution < -0.4 is 10.6 Å². The molecular weight excluding hydrogens is 224 g/mol. The summed E-state index contributed by atoms with van der Waals surface area (Å²) in [4.78, 5) is 9.01. The lowest BCUT2D eigenvalue weighted by Crippen LogP contribution is -2.33. The van der Waals surface area contributed by atoms with Gasteiger partial charge in [-0.3, -0.25) is 0 Å². The second kappa shape index (κ2) is 6.57. The molecule has 0 radical (unpaired) electrons. The number of anilines is 2. The number of nitrogens with zero attached hydrogens (tertiary/aromatic N) is 2. The van der Waals surface area contributed by atoms with Crippen molar-refractivity contribution in [2.24, 2.45) is 0 Å². The van der Waals surface area contributed by atoms with E-state index in [0.717, 1.165) is 43.3 Å². The van der Waals surface area contributed by atoms with Gasteiger partial charge >= 0.3 is 0 Å². The van der Waals surface area contributed by atoms with Crippen molar-refractivity contribution in [3.63, 3.8) is 0 Å². The number of hydrogen-bond donors (Lipinski definition) is 2. The first-order valence-corrected chi connectivity index (χ1v) is 6.96. The summed E-state index contributed by atoms with van der Waals surface area (Å²) in [5.74, 6) is 2.70. The lowest BCUT2D eigenvalue weighted by molar-refractivity contribution is 0.476. The van der Waals surface area contributed by atoms with Crippen LogP contribution in [0.1, 0.15) is 53.3 Å². The van der Waals surface area contributed by atoms with Crippen LogP contribution in [0.15, 0.2) is 6.07 Å². The van der Waals surface area contributed by atoms with E-state index in [-0.39, 0.29) is 5.54 Å². The van der Waals surface area contributed by atoms with Crippen LogP contribution in [0, 0.1) is 0 Å².